The van der Waals surface area contributed by atoms with Crippen LogP contribution in [0.15, 0.2) is 42.6 Å². The zero-order valence-corrected chi connectivity index (χ0v) is 17.2. The summed E-state index contributed by atoms with van der Waals surface area (Å²) >= 11 is 0. The molecule has 0 bridgehead atoms. The smallest absolute Gasteiger partial charge is 0.257 e. The van der Waals surface area contributed by atoms with Crippen LogP contribution >= 0.6 is 0 Å². The number of pyridine rings is 1. The molecule has 2 aliphatic rings. The van der Waals surface area contributed by atoms with Gasteiger partial charge in [-0.15, -0.1) is 0 Å². The quantitative estimate of drug-likeness (QED) is 0.778. The predicted octanol–water partition coefficient (Wildman–Crippen LogP) is 3.28. The zero-order valence-electron chi connectivity index (χ0n) is 17.2. The Morgan fingerprint density at radius 2 is 1.93 bits per heavy atom. The summed E-state index contributed by atoms with van der Waals surface area (Å²) in [5, 5.41) is 0. The van der Waals surface area contributed by atoms with Crippen LogP contribution in [0, 0.1) is 5.92 Å². The number of benzene rings is 1. The molecular weight excluding hydrogens is 366 g/mol. The van der Waals surface area contributed by atoms with Crippen molar-refractivity contribution in [3.63, 3.8) is 0 Å². The van der Waals surface area contributed by atoms with E-state index >= 15 is 0 Å². The molecule has 1 amide bonds. The van der Waals surface area contributed by atoms with Crippen LogP contribution in [-0.4, -0.2) is 54.5 Å². The molecular formula is C23H29N3O3. The van der Waals surface area contributed by atoms with Crippen LogP contribution in [-0.2, 0) is 11.3 Å². The van der Waals surface area contributed by atoms with E-state index in [1.807, 2.05) is 26.2 Å². The molecule has 1 atom stereocenters. The molecule has 0 radical (unpaired) electrons. The Hall–Kier alpha value is -2.60. The van der Waals surface area contributed by atoms with E-state index in [0.29, 0.717) is 30.6 Å². The second kappa shape index (κ2) is 8.82. The Morgan fingerprint density at radius 3 is 2.66 bits per heavy atom. The van der Waals surface area contributed by atoms with Crippen LogP contribution < -0.4 is 9.47 Å². The molecule has 4 rings (SSSR count). The van der Waals surface area contributed by atoms with Gasteiger partial charge in [0.1, 0.15) is 6.61 Å². The van der Waals surface area contributed by atoms with E-state index in [1.54, 1.807) is 11.1 Å². The standard InChI is InChI=1S/C23H29N3O3/c1-25(2)22(27)14-17-9-12-26(13-10-17)15-18-5-7-19(8-6-18)21-16-28-20-4-3-11-24-23(20)29-21/h3-8,11,17,21H,9-10,12-16H2,1-2H3. The summed E-state index contributed by atoms with van der Waals surface area (Å²) in [7, 11) is 3.67. The van der Waals surface area contributed by atoms with E-state index in [4.69, 9.17) is 9.47 Å². The number of carbonyl (C=O) groups is 1. The molecule has 0 aliphatic carbocycles. The second-order valence-corrected chi connectivity index (χ2v) is 8.18. The third kappa shape index (κ3) is 4.88. The van der Waals surface area contributed by atoms with Crippen LogP contribution in [0.5, 0.6) is 11.6 Å². The maximum Gasteiger partial charge on any atom is 0.257 e. The Labute approximate surface area is 172 Å². The van der Waals surface area contributed by atoms with E-state index in [9.17, 15) is 4.79 Å². The van der Waals surface area contributed by atoms with Crippen molar-refractivity contribution in [2.45, 2.75) is 31.9 Å². The van der Waals surface area contributed by atoms with Gasteiger partial charge in [0.05, 0.1) is 0 Å². The van der Waals surface area contributed by atoms with Gasteiger partial charge in [0.15, 0.2) is 11.9 Å². The fraction of sp³-hybridized carbons (Fsp3) is 0.478. The fourth-order valence-electron chi connectivity index (χ4n) is 3.95. The molecule has 1 aromatic carbocycles. The Kier molecular flexibility index (Phi) is 6.00. The Morgan fingerprint density at radius 1 is 1.17 bits per heavy atom. The first-order valence-corrected chi connectivity index (χ1v) is 10.3. The number of hydrogen-bond acceptors (Lipinski definition) is 5. The van der Waals surface area contributed by atoms with Crippen LogP contribution in [0.1, 0.15) is 36.5 Å². The monoisotopic (exact) mass is 395 g/mol. The third-order valence-corrected chi connectivity index (χ3v) is 5.81. The number of ether oxygens (including phenoxy) is 2. The highest BCUT2D eigenvalue weighted by Gasteiger charge is 2.24. The molecule has 2 aromatic rings. The van der Waals surface area contributed by atoms with E-state index in [-0.39, 0.29) is 12.0 Å². The molecule has 1 unspecified atom stereocenters. The van der Waals surface area contributed by atoms with E-state index in [1.165, 1.54) is 5.56 Å². The largest absolute Gasteiger partial charge is 0.484 e. The molecule has 1 saturated heterocycles. The average molecular weight is 396 g/mol. The maximum absolute atomic E-state index is 11.9. The van der Waals surface area contributed by atoms with Gasteiger partial charge in [-0.2, -0.15) is 0 Å². The average Bonchev–Trinajstić information content (AvgIpc) is 2.75. The number of amides is 1. The fourth-order valence-corrected chi connectivity index (χ4v) is 3.95. The summed E-state index contributed by atoms with van der Waals surface area (Å²) in [6, 6.07) is 12.3. The van der Waals surface area contributed by atoms with Crippen molar-refractivity contribution in [1.29, 1.82) is 0 Å². The van der Waals surface area contributed by atoms with Crippen molar-refractivity contribution in [3.05, 3.63) is 53.7 Å². The van der Waals surface area contributed by atoms with E-state index < -0.39 is 0 Å². The highest BCUT2D eigenvalue weighted by Crippen LogP contribution is 2.34. The molecule has 0 spiro atoms. The van der Waals surface area contributed by atoms with Crippen molar-refractivity contribution in [2.24, 2.45) is 5.92 Å². The van der Waals surface area contributed by atoms with Gasteiger partial charge in [-0.3, -0.25) is 9.69 Å². The molecule has 6 nitrogen and oxygen atoms in total. The van der Waals surface area contributed by atoms with Crippen LogP contribution in [0.25, 0.3) is 0 Å². The summed E-state index contributed by atoms with van der Waals surface area (Å²) in [4.78, 5) is 20.3. The van der Waals surface area contributed by atoms with Crippen LogP contribution in [0.4, 0.5) is 0 Å². The van der Waals surface area contributed by atoms with Crippen LogP contribution in [0.3, 0.4) is 0 Å². The first-order chi connectivity index (χ1) is 14.1. The predicted molar refractivity (Wildman–Crippen MR) is 111 cm³/mol. The van der Waals surface area contributed by atoms with Gasteiger partial charge in [0.2, 0.25) is 5.91 Å². The summed E-state index contributed by atoms with van der Waals surface area (Å²) in [5.41, 5.74) is 2.40. The molecule has 1 fully saturated rings. The highest BCUT2D eigenvalue weighted by atomic mass is 16.6. The van der Waals surface area contributed by atoms with Gasteiger partial charge in [0.25, 0.3) is 5.88 Å². The molecule has 154 valence electrons. The molecule has 2 aliphatic heterocycles. The SMILES string of the molecule is CN(C)C(=O)CC1CCN(Cc2ccc(C3COc4cccnc4O3)cc2)CC1. The topological polar surface area (TPSA) is 54.9 Å². The van der Waals surface area contributed by atoms with Crippen molar-refractivity contribution in [3.8, 4) is 11.6 Å². The zero-order chi connectivity index (χ0) is 20.2. The lowest BCUT2D eigenvalue weighted by Crippen LogP contribution is -2.35. The van der Waals surface area contributed by atoms with Crippen LogP contribution in [0.2, 0.25) is 0 Å². The lowest BCUT2D eigenvalue weighted by atomic mass is 9.92. The van der Waals surface area contributed by atoms with Gasteiger partial charge < -0.3 is 14.4 Å². The normalized spacial score (nSPS) is 19.7. The maximum atomic E-state index is 11.9. The van der Waals surface area contributed by atoms with E-state index in [0.717, 1.165) is 38.0 Å². The number of rotatable bonds is 5. The Bertz CT molecular complexity index is 830. The first kappa shape index (κ1) is 19.7. The van der Waals surface area contributed by atoms with Gasteiger partial charge in [-0.1, -0.05) is 24.3 Å². The number of carbonyl (C=O) groups excluding carboxylic acids is 1. The summed E-state index contributed by atoms with van der Waals surface area (Å²) in [6.07, 6.45) is 4.45. The lowest BCUT2D eigenvalue weighted by Gasteiger charge is -2.32. The number of fused-ring (bicyclic) bond motifs is 1. The highest BCUT2D eigenvalue weighted by molar-refractivity contribution is 5.75. The number of likely N-dealkylation sites (tertiary alicyclic amines) is 1. The first-order valence-electron chi connectivity index (χ1n) is 10.3. The minimum atomic E-state index is -0.128. The number of piperidine rings is 1. The second-order valence-electron chi connectivity index (χ2n) is 8.18. The molecule has 0 N–H and O–H groups in total. The van der Waals surface area contributed by atoms with Crippen molar-refractivity contribution in [2.75, 3.05) is 33.8 Å². The molecule has 6 heteroatoms. The molecule has 1 aromatic heterocycles. The summed E-state index contributed by atoms with van der Waals surface area (Å²) in [5.74, 6) is 2.02. The van der Waals surface area contributed by atoms with Gasteiger partial charge >= 0.3 is 0 Å². The summed E-state index contributed by atoms with van der Waals surface area (Å²) < 4.78 is 11.8. The van der Waals surface area contributed by atoms with Crippen molar-refractivity contribution in [1.82, 2.24) is 14.8 Å². The third-order valence-electron chi connectivity index (χ3n) is 5.81. The minimum absolute atomic E-state index is 0.128. The van der Waals surface area contributed by atoms with Gasteiger partial charge in [0, 0.05) is 33.3 Å². The van der Waals surface area contributed by atoms with Crippen molar-refractivity contribution < 1.29 is 14.3 Å². The number of aromatic nitrogens is 1. The minimum Gasteiger partial charge on any atom is -0.484 e. The van der Waals surface area contributed by atoms with Gasteiger partial charge in [-0.25, -0.2) is 4.98 Å². The molecule has 29 heavy (non-hydrogen) atoms. The Balaban J connectivity index is 1.28. The molecule has 3 heterocycles. The van der Waals surface area contributed by atoms with E-state index in [2.05, 4.69) is 34.1 Å². The summed E-state index contributed by atoms with van der Waals surface area (Å²) in [6.45, 7) is 3.54. The van der Waals surface area contributed by atoms with Crippen molar-refractivity contribution >= 4 is 5.91 Å². The molecule has 0 saturated carbocycles. The lowest BCUT2D eigenvalue weighted by molar-refractivity contribution is -0.130. The number of hydrogen-bond donors (Lipinski definition) is 0. The number of nitrogens with zero attached hydrogens (tertiary/aromatic N) is 3. The van der Waals surface area contributed by atoms with Gasteiger partial charge in [-0.05, 0) is 55.1 Å².